The first kappa shape index (κ1) is 10.8. The molecule has 0 spiro atoms. The zero-order valence-corrected chi connectivity index (χ0v) is 9.34. The number of carboxylic acid groups (broad SMARTS) is 1. The second-order valence-electron chi connectivity index (χ2n) is 3.12. The summed E-state index contributed by atoms with van der Waals surface area (Å²) in [6.07, 6.45) is 0.356. The van der Waals surface area contributed by atoms with Crippen LogP contribution in [0.5, 0.6) is 0 Å². The Hall–Kier alpha value is -1.69. The lowest BCUT2D eigenvalue weighted by Gasteiger charge is -1.97. The van der Waals surface area contributed by atoms with Gasteiger partial charge in [-0.15, -0.1) is 0 Å². The molecule has 0 aliphatic carbocycles. The summed E-state index contributed by atoms with van der Waals surface area (Å²) >= 11 is 3.13. The minimum absolute atomic E-state index is 0.00822. The minimum atomic E-state index is -1.28. The highest BCUT2D eigenvalue weighted by Gasteiger charge is 2.21. The second-order valence-corrected chi connectivity index (χ2v) is 3.97. The summed E-state index contributed by atoms with van der Waals surface area (Å²) in [6.45, 7) is 0. The van der Waals surface area contributed by atoms with Crippen LogP contribution in [0.2, 0.25) is 0 Å². The number of halogens is 2. The first-order chi connectivity index (χ1) is 7.56. The number of carboxylic acids is 1. The Bertz CT molecular complexity index is 606. The number of aromatic amines is 1. The first-order valence-corrected chi connectivity index (χ1v) is 5.03. The molecule has 1 aromatic heterocycles. The van der Waals surface area contributed by atoms with Crippen molar-refractivity contribution in [2.45, 2.75) is 0 Å². The molecule has 16 heavy (non-hydrogen) atoms. The van der Waals surface area contributed by atoms with Crippen molar-refractivity contribution in [2.24, 2.45) is 0 Å². The standard InChI is InChI=1S/C10H5BrFNO3/c11-4-1-2-5(12)9-7(4)8(10(15)16)6(3-14)13-9/h1-3,13H,(H,15,16). The maximum Gasteiger partial charge on any atom is 0.338 e. The lowest BCUT2D eigenvalue weighted by atomic mass is 10.1. The molecule has 0 bridgehead atoms. The number of aromatic nitrogens is 1. The molecule has 2 rings (SSSR count). The Balaban J connectivity index is 3.00. The Morgan fingerprint density at radius 2 is 2.19 bits per heavy atom. The minimum Gasteiger partial charge on any atom is -0.478 e. The molecule has 0 fully saturated rings. The molecule has 0 aliphatic heterocycles. The summed E-state index contributed by atoms with van der Waals surface area (Å²) in [5.41, 5.74) is -0.362. The van der Waals surface area contributed by atoms with Gasteiger partial charge in [-0.1, -0.05) is 15.9 Å². The Labute approximate surface area is 97.2 Å². The van der Waals surface area contributed by atoms with Crippen molar-refractivity contribution >= 4 is 39.1 Å². The van der Waals surface area contributed by atoms with E-state index < -0.39 is 11.8 Å². The van der Waals surface area contributed by atoms with Crippen molar-refractivity contribution in [3.8, 4) is 0 Å². The average Bonchev–Trinajstić information content (AvgIpc) is 2.64. The largest absolute Gasteiger partial charge is 0.478 e. The van der Waals surface area contributed by atoms with E-state index in [9.17, 15) is 14.0 Å². The van der Waals surface area contributed by atoms with Crippen molar-refractivity contribution in [3.05, 3.63) is 33.7 Å². The van der Waals surface area contributed by atoms with Crippen molar-refractivity contribution < 1.29 is 19.1 Å². The Morgan fingerprint density at radius 3 is 2.75 bits per heavy atom. The molecule has 2 aromatic rings. The summed E-state index contributed by atoms with van der Waals surface area (Å²) in [6, 6.07) is 2.58. The third kappa shape index (κ3) is 1.42. The smallest absolute Gasteiger partial charge is 0.338 e. The third-order valence-electron chi connectivity index (χ3n) is 2.21. The average molecular weight is 286 g/mol. The van der Waals surface area contributed by atoms with Crippen LogP contribution in [0, 0.1) is 5.82 Å². The predicted molar refractivity (Wildman–Crippen MR) is 58.3 cm³/mol. The molecule has 6 heteroatoms. The van der Waals surface area contributed by atoms with Crippen LogP contribution in [-0.2, 0) is 0 Å². The molecule has 1 heterocycles. The number of hydrogen-bond acceptors (Lipinski definition) is 2. The molecule has 0 radical (unpaired) electrons. The zero-order valence-electron chi connectivity index (χ0n) is 7.75. The van der Waals surface area contributed by atoms with Gasteiger partial charge in [0.25, 0.3) is 0 Å². The molecule has 0 aliphatic rings. The number of hydrogen-bond donors (Lipinski definition) is 2. The van der Waals surface area contributed by atoms with Crippen LogP contribution < -0.4 is 0 Å². The van der Waals surface area contributed by atoms with Gasteiger partial charge in [-0.2, -0.15) is 0 Å². The number of rotatable bonds is 2. The van der Waals surface area contributed by atoms with Gasteiger partial charge < -0.3 is 10.1 Å². The van der Waals surface area contributed by atoms with E-state index in [1.807, 2.05) is 0 Å². The molecular weight excluding hydrogens is 281 g/mol. The van der Waals surface area contributed by atoms with Crippen molar-refractivity contribution in [1.82, 2.24) is 4.98 Å². The van der Waals surface area contributed by atoms with E-state index in [0.717, 1.165) is 0 Å². The monoisotopic (exact) mass is 285 g/mol. The van der Waals surface area contributed by atoms with Crippen LogP contribution in [0.3, 0.4) is 0 Å². The van der Waals surface area contributed by atoms with Gasteiger partial charge in [0.1, 0.15) is 5.82 Å². The van der Waals surface area contributed by atoms with Gasteiger partial charge >= 0.3 is 5.97 Å². The van der Waals surface area contributed by atoms with Crippen molar-refractivity contribution in [1.29, 1.82) is 0 Å². The van der Waals surface area contributed by atoms with Crippen LogP contribution in [0.4, 0.5) is 4.39 Å². The molecule has 82 valence electrons. The molecule has 0 saturated heterocycles. The van der Waals surface area contributed by atoms with Crippen LogP contribution in [0.25, 0.3) is 10.9 Å². The highest BCUT2D eigenvalue weighted by Crippen LogP contribution is 2.30. The number of H-pyrrole nitrogens is 1. The normalized spacial score (nSPS) is 10.6. The number of carbonyl (C=O) groups excluding carboxylic acids is 1. The summed E-state index contributed by atoms with van der Waals surface area (Å²) in [4.78, 5) is 24.1. The number of aromatic carboxylic acids is 1. The highest BCUT2D eigenvalue weighted by molar-refractivity contribution is 9.10. The number of fused-ring (bicyclic) bond motifs is 1. The topological polar surface area (TPSA) is 70.2 Å². The van der Waals surface area contributed by atoms with Gasteiger partial charge in [0.15, 0.2) is 6.29 Å². The van der Waals surface area contributed by atoms with E-state index in [2.05, 4.69) is 20.9 Å². The summed E-state index contributed by atoms with van der Waals surface area (Å²) in [5, 5.41) is 9.14. The summed E-state index contributed by atoms with van der Waals surface area (Å²) in [7, 11) is 0. The van der Waals surface area contributed by atoms with Gasteiger partial charge in [0.2, 0.25) is 0 Å². The first-order valence-electron chi connectivity index (χ1n) is 4.24. The molecule has 0 amide bonds. The van der Waals surface area contributed by atoms with E-state index in [4.69, 9.17) is 5.11 Å². The fourth-order valence-electron chi connectivity index (χ4n) is 1.56. The maximum absolute atomic E-state index is 13.4. The van der Waals surface area contributed by atoms with Gasteiger partial charge in [0.05, 0.1) is 16.8 Å². The van der Waals surface area contributed by atoms with Crippen LogP contribution in [-0.4, -0.2) is 22.3 Å². The molecule has 0 unspecified atom stereocenters. The van der Waals surface area contributed by atoms with Crippen molar-refractivity contribution in [3.63, 3.8) is 0 Å². The quantitative estimate of drug-likeness (QED) is 0.833. The molecule has 0 saturated carbocycles. The predicted octanol–water partition coefficient (Wildman–Crippen LogP) is 2.58. The molecule has 2 N–H and O–H groups in total. The lowest BCUT2D eigenvalue weighted by molar-refractivity contribution is 0.0696. The van der Waals surface area contributed by atoms with Gasteiger partial charge in [0, 0.05) is 9.86 Å². The van der Waals surface area contributed by atoms with E-state index in [0.29, 0.717) is 10.8 Å². The Kier molecular flexibility index (Phi) is 2.51. The number of nitrogens with one attached hydrogen (secondary N) is 1. The Morgan fingerprint density at radius 1 is 1.50 bits per heavy atom. The highest BCUT2D eigenvalue weighted by atomic mass is 79.9. The van der Waals surface area contributed by atoms with Crippen LogP contribution >= 0.6 is 15.9 Å². The number of aldehydes is 1. The summed E-state index contributed by atoms with van der Waals surface area (Å²) < 4.78 is 13.8. The zero-order chi connectivity index (χ0) is 11.9. The fraction of sp³-hybridized carbons (Fsp3) is 0. The molecule has 1 aromatic carbocycles. The van der Waals surface area contributed by atoms with Gasteiger partial charge in [-0.25, -0.2) is 9.18 Å². The van der Waals surface area contributed by atoms with Crippen LogP contribution in [0.1, 0.15) is 20.8 Å². The van der Waals surface area contributed by atoms with E-state index in [-0.39, 0.29) is 22.2 Å². The van der Waals surface area contributed by atoms with E-state index in [1.54, 1.807) is 0 Å². The maximum atomic E-state index is 13.4. The number of benzene rings is 1. The molecular formula is C10H5BrFNO3. The van der Waals surface area contributed by atoms with E-state index >= 15 is 0 Å². The van der Waals surface area contributed by atoms with E-state index in [1.165, 1.54) is 12.1 Å². The number of carbonyl (C=O) groups is 2. The molecule has 4 nitrogen and oxygen atoms in total. The SMILES string of the molecule is O=Cc1[nH]c2c(F)ccc(Br)c2c1C(=O)O. The third-order valence-corrected chi connectivity index (χ3v) is 2.88. The lowest BCUT2D eigenvalue weighted by Crippen LogP contribution is -1.99. The van der Waals surface area contributed by atoms with Gasteiger partial charge in [-0.3, -0.25) is 4.79 Å². The second kappa shape index (κ2) is 3.71. The van der Waals surface area contributed by atoms with Crippen LogP contribution in [0.15, 0.2) is 16.6 Å². The summed E-state index contributed by atoms with van der Waals surface area (Å²) in [5.74, 6) is -1.88. The van der Waals surface area contributed by atoms with Crippen molar-refractivity contribution in [2.75, 3.05) is 0 Å². The fourth-order valence-corrected chi connectivity index (χ4v) is 2.09. The molecule has 0 atom stereocenters. The van der Waals surface area contributed by atoms with Gasteiger partial charge in [-0.05, 0) is 12.1 Å².